The monoisotopic (exact) mass is 632 g/mol. The van der Waals surface area contributed by atoms with Gasteiger partial charge in [-0.1, -0.05) is 62.8 Å². The number of hydrogen-bond donors (Lipinski definition) is 1. The van der Waals surface area contributed by atoms with Crippen LogP contribution in [0.25, 0.3) is 0 Å². The number of hydrogen-bond acceptors (Lipinski definition) is 3. The maximum atomic E-state index is 10.0. The zero-order valence-electron chi connectivity index (χ0n) is 24.7. The number of rotatable bonds is 2. The molecule has 0 aromatic carbocycles. The van der Waals surface area contributed by atoms with E-state index in [9.17, 15) is 5.11 Å². The van der Waals surface area contributed by atoms with Gasteiger partial charge in [-0.05, 0) is 56.3 Å². The second kappa shape index (κ2) is 26.8. The second-order valence-electron chi connectivity index (χ2n) is 8.99. The van der Waals surface area contributed by atoms with E-state index in [2.05, 4.69) is 62.3 Å². The molecule has 0 saturated carbocycles. The van der Waals surface area contributed by atoms with Gasteiger partial charge in [0.15, 0.2) is 5.79 Å². The molecule has 0 bridgehead atoms. The molecule has 8 radical (unpaired) electrons. The van der Waals surface area contributed by atoms with Crippen LogP contribution in [0.3, 0.4) is 0 Å². The minimum absolute atomic E-state index is 0. The zero-order chi connectivity index (χ0) is 19.5. The van der Waals surface area contributed by atoms with Crippen molar-refractivity contribution in [3.63, 3.8) is 0 Å². The molecule has 0 amide bonds. The minimum Gasteiger partial charge on any atom is -0.375 e. The van der Waals surface area contributed by atoms with E-state index in [0.717, 1.165) is 24.7 Å². The third-order valence-corrected chi connectivity index (χ3v) is 7.62. The maximum absolute atomic E-state index is 10.0. The fourth-order valence-electron chi connectivity index (χ4n) is 4.49. The molecule has 2 fully saturated rings. The van der Waals surface area contributed by atoms with Gasteiger partial charge in [0.2, 0.25) is 0 Å². The average Bonchev–Trinajstić information content (AvgIpc) is 2.58. The standard InChI is InChI=1S/C11H22O2.C11H22O.CH4.4CH3.2B.2Y/c1-6-10-8(3)7(2)9(4)11(5,12)13-10;1-6-11-9(4)7(2)8(3)10(5)12-11;;;;;;;;;/h7-10,12H,6H2,1-5H3;7-11H,6H2,1-5H3;1H4;4*1H3;;;;/q;;;4*-1;;;;/t7-,8-,9+,10+,11?;7-,8-,9+,10+,11-;;;;;;;;;/m01........./s1. The first-order valence-electron chi connectivity index (χ1n) is 10.5. The predicted molar refractivity (Wildman–Crippen MR) is 149 cm³/mol. The van der Waals surface area contributed by atoms with Crippen molar-refractivity contribution in [3.05, 3.63) is 29.7 Å². The maximum Gasteiger partial charge on any atom is 0.165 e. The molecule has 0 aromatic heterocycles. The number of ether oxygens (including phenoxy) is 2. The van der Waals surface area contributed by atoms with E-state index in [1.165, 1.54) is 0 Å². The van der Waals surface area contributed by atoms with Gasteiger partial charge in [0.05, 0.1) is 18.3 Å². The van der Waals surface area contributed by atoms with Crippen molar-refractivity contribution < 1.29 is 80.0 Å². The minimum atomic E-state index is -0.938. The summed E-state index contributed by atoms with van der Waals surface area (Å²) in [6, 6.07) is 0. The predicted octanol–water partition coefficient (Wildman–Crippen LogP) is 7.17. The fraction of sp³-hybridized carbons (Fsp3) is 0.852. The summed E-state index contributed by atoms with van der Waals surface area (Å²) in [6.45, 7) is 21.8. The molecule has 10 atom stereocenters. The van der Waals surface area contributed by atoms with E-state index < -0.39 is 5.79 Å². The van der Waals surface area contributed by atoms with Crippen LogP contribution in [0, 0.1) is 65.2 Å². The van der Waals surface area contributed by atoms with E-state index in [1.54, 1.807) is 6.92 Å². The molecule has 3 nitrogen and oxygen atoms in total. The van der Waals surface area contributed by atoms with Crippen LogP contribution in [-0.4, -0.2) is 46.0 Å². The van der Waals surface area contributed by atoms with Gasteiger partial charge in [-0.2, -0.15) is 0 Å². The van der Waals surface area contributed by atoms with E-state index in [0.29, 0.717) is 30.0 Å². The van der Waals surface area contributed by atoms with Crippen LogP contribution < -0.4 is 0 Å². The summed E-state index contributed by atoms with van der Waals surface area (Å²) < 4.78 is 11.6. The first-order chi connectivity index (χ1) is 11.5. The van der Waals surface area contributed by atoms with Crippen LogP contribution in [-0.2, 0) is 74.9 Å². The molecule has 0 spiro atoms. The van der Waals surface area contributed by atoms with Crippen LogP contribution >= 0.6 is 0 Å². The Balaban J connectivity index is -0.0000000416. The SMILES string of the molecule is C.CC[C@H]1OC(C)(O)[C@H](C)[C@@H](C)[C@@H]1C.CC[C@H]1O[C@@H](C)[C@H](C)[C@@H](C)[C@@H]1C.[B].[B].[CH3-].[CH3-].[CH3-].[CH3-].[Y].[Y]. The Kier molecular flexibility index (Phi) is 47.8. The summed E-state index contributed by atoms with van der Waals surface area (Å²) >= 11 is 0. The zero-order valence-corrected chi connectivity index (χ0v) is 30.4. The summed E-state index contributed by atoms with van der Waals surface area (Å²) in [5.74, 6) is 2.58. The Morgan fingerprint density at radius 3 is 1.35 bits per heavy atom. The van der Waals surface area contributed by atoms with Crippen LogP contribution in [0.4, 0.5) is 0 Å². The molecule has 2 heterocycles. The van der Waals surface area contributed by atoms with Gasteiger partial charge in [-0.3, -0.25) is 0 Å². The Morgan fingerprint density at radius 1 is 0.647 bits per heavy atom. The first-order valence-corrected chi connectivity index (χ1v) is 10.5. The molecule has 34 heavy (non-hydrogen) atoms. The normalized spacial score (nSPS) is 37.3. The summed E-state index contributed by atoms with van der Waals surface area (Å²) in [5, 5.41) is 10.0. The topological polar surface area (TPSA) is 38.7 Å². The third-order valence-electron chi connectivity index (χ3n) is 7.62. The van der Waals surface area contributed by atoms with Gasteiger partial charge in [-0.15, -0.1) is 0 Å². The molecule has 2 saturated heterocycles. The van der Waals surface area contributed by atoms with Crippen LogP contribution in [0.2, 0.25) is 0 Å². The van der Waals surface area contributed by atoms with Gasteiger partial charge < -0.3 is 44.3 Å². The van der Waals surface area contributed by atoms with Gasteiger partial charge >= 0.3 is 0 Å². The third kappa shape index (κ3) is 15.6. The van der Waals surface area contributed by atoms with E-state index in [4.69, 9.17) is 9.47 Å². The second-order valence-corrected chi connectivity index (χ2v) is 8.99. The molecule has 7 heteroatoms. The summed E-state index contributed by atoms with van der Waals surface area (Å²) in [5.41, 5.74) is 0. The summed E-state index contributed by atoms with van der Waals surface area (Å²) in [7, 11) is 0. The van der Waals surface area contributed by atoms with Crippen molar-refractivity contribution in [2.45, 2.75) is 114 Å². The molecule has 0 aromatic rings. The molecular formula is C27H60B2O3Y2-4. The smallest absolute Gasteiger partial charge is 0.165 e. The van der Waals surface area contributed by atoms with Gasteiger partial charge in [0, 0.05) is 88.2 Å². The van der Waals surface area contributed by atoms with Gasteiger partial charge in [0.1, 0.15) is 0 Å². The average molecular weight is 632 g/mol. The quantitative estimate of drug-likeness (QED) is 0.259. The molecule has 202 valence electrons. The molecule has 1 unspecified atom stereocenters. The van der Waals surface area contributed by atoms with Crippen molar-refractivity contribution in [1.82, 2.24) is 0 Å². The summed E-state index contributed by atoms with van der Waals surface area (Å²) in [4.78, 5) is 0. The Labute approximate surface area is 273 Å². The summed E-state index contributed by atoms with van der Waals surface area (Å²) in [6.07, 6.45) is 3.28. The first kappa shape index (κ1) is 60.6. The molecule has 1 N–H and O–H groups in total. The molecule has 2 rings (SSSR count). The molecular weight excluding hydrogens is 572 g/mol. The fourth-order valence-corrected chi connectivity index (χ4v) is 4.49. The van der Waals surface area contributed by atoms with Crippen molar-refractivity contribution in [2.75, 3.05) is 0 Å². The van der Waals surface area contributed by atoms with Crippen molar-refractivity contribution in [2.24, 2.45) is 35.5 Å². The van der Waals surface area contributed by atoms with Crippen LogP contribution in [0.5, 0.6) is 0 Å². The largest absolute Gasteiger partial charge is 0.375 e. The Morgan fingerprint density at radius 2 is 1.00 bits per heavy atom. The molecule has 0 aliphatic carbocycles. The van der Waals surface area contributed by atoms with Crippen molar-refractivity contribution in [3.8, 4) is 0 Å². The van der Waals surface area contributed by atoms with Gasteiger partial charge in [0.25, 0.3) is 0 Å². The van der Waals surface area contributed by atoms with Crippen molar-refractivity contribution >= 4 is 16.8 Å². The Bertz CT molecular complexity index is 411. The van der Waals surface area contributed by atoms with E-state index in [1.807, 2.05) is 0 Å². The molecule has 2 aliphatic rings. The van der Waals surface area contributed by atoms with E-state index >= 15 is 0 Å². The van der Waals surface area contributed by atoms with Crippen LogP contribution in [0.15, 0.2) is 0 Å². The Hall–Kier alpha value is 2.22. The van der Waals surface area contributed by atoms with Crippen LogP contribution in [0.1, 0.15) is 89.5 Å². The van der Waals surface area contributed by atoms with Gasteiger partial charge in [-0.25, -0.2) is 0 Å². The number of aliphatic hydroxyl groups is 1. The molecule has 2 aliphatic heterocycles. The van der Waals surface area contributed by atoms with Crippen molar-refractivity contribution in [1.29, 1.82) is 0 Å². The van der Waals surface area contributed by atoms with E-state index in [-0.39, 0.29) is 131 Å².